The molecule has 2 unspecified atom stereocenters. The largest absolute Gasteiger partial charge is 0.497 e. The third-order valence-electron chi connectivity index (χ3n) is 3.77. The fourth-order valence-corrected chi connectivity index (χ4v) is 2.37. The SMILES string of the molecule is COc1cc(C)c(CC(C)C(CN)CO)c(C)c1. The number of hydrogen-bond acceptors (Lipinski definition) is 3. The van der Waals surface area contributed by atoms with Crippen molar-refractivity contribution in [2.24, 2.45) is 17.6 Å². The standard InChI is InChI=1S/C15H25NO2/c1-10(13(8-16)9-17)7-15-11(2)5-14(18-4)6-12(15)3/h5-6,10,13,17H,7-9,16H2,1-4H3. The molecule has 1 rings (SSSR count). The van der Waals surface area contributed by atoms with E-state index < -0.39 is 0 Å². The first-order valence-electron chi connectivity index (χ1n) is 6.48. The van der Waals surface area contributed by atoms with Gasteiger partial charge in [-0.2, -0.15) is 0 Å². The molecule has 1 aromatic rings. The second-order valence-corrected chi connectivity index (χ2v) is 5.10. The highest BCUT2D eigenvalue weighted by molar-refractivity contribution is 5.41. The number of nitrogens with two attached hydrogens (primary N) is 1. The summed E-state index contributed by atoms with van der Waals surface area (Å²) in [6, 6.07) is 4.12. The van der Waals surface area contributed by atoms with Crippen LogP contribution in [-0.2, 0) is 6.42 Å². The van der Waals surface area contributed by atoms with Crippen LogP contribution >= 0.6 is 0 Å². The van der Waals surface area contributed by atoms with Crippen molar-refractivity contribution in [3.8, 4) is 5.75 Å². The Bertz CT molecular complexity index is 363. The minimum absolute atomic E-state index is 0.159. The number of ether oxygens (including phenoxy) is 1. The molecule has 0 bridgehead atoms. The molecule has 0 spiro atoms. The van der Waals surface area contributed by atoms with E-state index in [1.54, 1.807) is 7.11 Å². The lowest BCUT2D eigenvalue weighted by Crippen LogP contribution is -2.26. The van der Waals surface area contributed by atoms with Crippen molar-refractivity contribution in [2.75, 3.05) is 20.3 Å². The Balaban J connectivity index is 2.90. The summed E-state index contributed by atoms with van der Waals surface area (Å²) < 4.78 is 5.27. The van der Waals surface area contributed by atoms with Crippen molar-refractivity contribution in [3.05, 3.63) is 28.8 Å². The van der Waals surface area contributed by atoms with Crippen molar-refractivity contribution < 1.29 is 9.84 Å². The zero-order chi connectivity index (χ0) is 13.7. The molecule has 0 heterocycles. The van der Waals surface area contributed by atoms with Crippen molar-refractivity contribution in [1.29, 1.82) is 0 Å². The lowest BCUT2D eigenvalue weighted by atomic mass is 9.86. The molecule has 0 amide bonds. The summed E-state index contributed by atoms with van der Waals surface area (Å²) in [5.41, 5.74) is 9.51. The predicted octanol–water partition coefficient (Wildman–Crippen LogP) is 2.06. The molecule has 102 valence electrons. The van der Waals surface area contributed by atoms with Gasteiger partial charge < -0.3 is 15.6 Å². The Hall–Kier alpha value is -1.06. The van der Waals surface area contributed by atoms with Gasteiger partial charge >= 0.3 is 0 Å². The molecule has 18 heavy (non-hydrogen) atoms. The molecule has 0 aliphatic heterocycles. The Morgan fingerprint density at radius 3 is 2.22 bits per heavy atom. The molecule has 0 radical (unpaired) electrons. The third kappa shape index (κ3) is 3.47. The first-order chi connectivity index (χ1) is 8.53. The highest BCUT2D eigenvalue weighted by atomic mass is 16.5. The molecule has 0 aliphatic carbocycles. The maximum absolute atomic E-state index is 9.30. The quantitative estimate of drug-likeness (QED) is 0.813. The monoisotopic (exact) mass is 251 g/mol. The zero-order valence-corrected chi connectivity index (χ0v) is 11.9. The first kappa shape index (κ1) is 15.0. The number of hydrogen-bond donors (Lipinski definition) is 2. The fraction of sp³-hybridized carbons (Fsp3) is 0.600. The van der Waals surface area contributed by atoms with Crippen LogP contribution < -0.4 is 10.5 Å². The van der Waals surface area contributed by atoms with Gasteiger partial charge in [0.25, 0.3) is 0 Å². The fourth-order valence-electron chi connectivity index (χ4n) is 2.37. The first-order valence-corrected chi connectivity index (χ1v) is 6.48. The van der Waals surface area contributed by atoms with Crippen LogP contribution in [-0.4, -0.2) is 25.4 Å². The van der Waals surface area contributed by atoms with Crippen molar-refractivity contribution in [2.45, 2.75) is 27.2 Å². The Kier molecular flexibility index (Phi) is 5.63. The summed E-state index contributed by atoms with van der Waals surface area (Å²) in [4.78, 5) is 0. The average Bonchev–Trinajstić information content (AvgIpc) is 2.35. The second kappa shape index (κ2) is 6.76. The molecule has 1 aromatic carbocycles. The van der Waals surface area contributed by atoms with Gasteiger partial charge in [0.1, 0.15) is 5.75 Å². The highest BCUT2D eigenvalue weighted by Gasteiger charge is 2.17. The summed E-state index contributed by atoms with van der Waals surface area (Å²) in [5, 5.41) is 9.30. The van der Waals surface area contributed by atoms with E-state index in [2.05, 4.69) is 32.9 Å². The Labute approximate surface area is 110 Å². The average molecular weight is 251 g/mol. The molecule has 3 N–H and O–H groups in total. The molecule has 0 saturated heterocycles. The number of benzene rings is 1. The normalized spacial score (nSPS) is 14.3. The van der Waals surface area contributed by atoms with Crippen LogP contribution in [0, 0.1) is 25.7 Å². The second-order valence-electron chi connectivity index (χ2n) is 5.10. The van der Waals surface area contributed by atoms with Crippen LogP contribution in [0.2, 0.25) is 0 Å². The number of aliphatic hydroxyl groups is 1. The van der Waals surface area contributed by atoms with Crippen molar-refractivity contribution in [1.82, 2.24) is 0 Å². The summed E-state index contributed by atoms with van der Waals surface area (Å²) >= 11 is 0. The Morgan fingerprint density at radius 2 is 1.83 bits per heavy atom. The summed E-state index contributed by atoms with van der Waals surface area (Å²) in [7, 11) is 1.69. The zero-order valence-electron chi connectivity index (χ0n) is 11.9. The van der Waals surface area contributed by atoms with Gasteiger partial charge in [-0.05, 0) is 67.5 Å². The maximum atomic E-state index is 9.30. The summed E-state index contributed by atoms with van der Waals surface area (Å²) in [5.74, 6) is 1.45. The number of rotatable bonds is 6. The van der Waals surface area contributed by atoms with Crippen molar-refractivity contribution in [3.63, 3.8) is 0 Å². The topological polar surface area (TPSA) is 55.5 Å². The smallest absolute Gasteiger partial charge is 0.119 e. The predicted molar refractivity (Wildman–Crippen MR) is 75.0 cm³/mol. The van der Waals surface area contributed by atoms with E-state index in [9.17, 15) is 5.11 Å². The van der Waals surface area contributed by atoms with Crippen molar-refractivity contribution >= 4 is 0 Å². The van der Waals surface area contributed by atoms with Crippen LogP contribution in [0.1, 0.15) is 23.6 Å². The van der Waals surface area contributed by atoms with E-state index in [-0.39, 0.29) is 12.5 Å². The van der Waals surface area contributed by atoms with E-state index in [1.807, 2.05) is 0 Å². The van der Waals surface area contributed by atoms with Gasteiger partial charge in [-0.1, -0.05) is 6.92 Å². The van der Waals surface area contributed by atoms with Crippen LogP contribution in [0.25, 0.3) is 0 Å². The number of methoxy groups -OCH3 is 1. The summed E-state index contributed by atoms with van der Waals surface area (Å²) in [6.45, 7) is 7.05. The molecule has 0 fully saturated rings. The van der Waals surface area contributed by atoms with Crippen LogP contribution in [0.15, 0.2) is 12.1 Å². The van der Waals surface area contributed by atoms with Gasteiger partial charge in [0.05, 0.1) is 7.11 Å². The van der Waals surface area contributed by atoms with E-state index in [4.69, 9.17) is 10.5 Å². The van der Waals surface area contributed by atoms with Crippen LogP contribution in [0.3, 0.4) is 0 Å². The molecule has 3 heteroatoms. The lowest BCUT2D eigenvalue weighted by molar-refractivity contribution is 0.187. The third-order valence-corrected chi connectivity index (χ3v) is 3.77. The minimum atomic E-state index is 0.159. The van der Waals surface area contributed by atoms with E-state index in [1.165, 1.54) is 16.7 Å². The van der Waals surface area contributed by atoms with Gasteiger partial charge in [-0.25, -0.2) is 0 Å². The molecule has 2 atom stereocenters. The van der Waals surface area contributed by atoms with Crippen LogP contribution in [0.5, 0.6) is 5.75 Å². The molecule has 0 aromatic heterocycles. The maximum Gasteiger partial charge on any atom is 0.119 e. The van der Waals surface area contributed by atoms with E-state index in [0.717, 1.165) is 12.2 Å². The molecule has 0 aliphatic rings. The summed E-state index contributed by atoms with van der Waals surface area (Å²) in [6.07, 6.45) is 0.948. The lowest BCUT2D eigenvalue weighted by Gasteiger charge is -2.22. The molecular formula is C15H25NO2. The Morgan fingerprint density at radius 1 is 1.28 bits per heavy atom. The molecular weight excluding hydrogens is 226 g/mol. The van der Waals surface area contributed by atoms with Gasteiger partial charge in [0.15, 0.2) is 0 Å². The van der Waals surface area contributed by atoms with Crippen LogP contribution in [0.4, 0.5) is 0 Å². The molecule has 0 saturated carbocycles. The number of aryl methyl sites for hydroxylation is 2. The minimum Gasteiger partial charge on any atom is -0.497 e. The van der Waals surface area contributed by atoms with E-state index >= 15 is 0 Å². The van der Waals surface area contributed by atoms with Gasteiger partial charge in [0.2, 0.25) is 0 Å². The molecule has 3 nitrogen and oxygen atoms in total. The number of aliphatic hydroxyl groups excluding tert-OH is 1. The van der Waals surface area contributed by atoms with E-state index in [0.29, 0.717) is 12.5 Å². The van der Waals surface area contributed by atoms with Gasteiger partial charge in [-0.15, -0.1) is 0 Å². The van der Waals surface area contributed by atoms with Gasteiger partial charge in [0, 0.05) is 6.61 Å². The van der Waals surface area contributed by atoms with Gasteiger partial charge in [-0.3, -0.25) is 0 Å². The highest BCUT2D eigenvalue weighted by Crippen LogP contribution is 2.26.